The van der Waals surface area contributed by atoms with E-state index in [9.17, 15) is 13.2 Å². The Morgan fingerprint density at radius 3 is 1.29 bits per heavy atom. The predicted molar refractivity (Wildman–Crippen MR) is 85.6 cm³/mol. The van der Waals surface area contributed by atoms with E-state index in [-0.39, 0.29) is 0 Å². The van der Waals surface area contributed by atoms with Gasteiger partial charge in [0.2, 0.25) is 0 Å². The zero-order valence-electron chi connectivity index (χ0n) is 14.9. The third-order valence-corrected chi connectivity index (χ3v) is 3.08. The van der Waals surface area contributed by atoms with Crippen LogP contribution in [0.15, 0.2) is 0 Å². The van der Waals surface area contributed by atoms with Gasteiger partial charge in [-0.2, -0.15) is 21.6 Å². The molecule has 0 atom stereocenters. The third-order valence-electron chi connectivity index (χ3n) is 2.50. The molecule has 150 valence electrons. The SMILES string of the molecule is CCN(CC)CC.COCCOCCOC.O=S(=O)(O)C(F)(F)F. The molecule has 0 aromatic carbocycles. The highest BCUT2D eigenvalue weighted by Crippen LogP contribution is 2.20. The van der Waals surface area contributed by atoms with Gasteiger partial charge < -0.3 is 19.1 Å². The molecule has 0 rings (SSSR count). The third kappa shape index (κ3) is 21.5. The molecule has 0 aromatic rings. The first kappa shape index (κ1) is 28.3. The summed E-state index contributed by atoms with van der Waals surface area (Å²) in [5.74, 6) is 0. The largest absolute Gasteiger partial charge is 0.522 e. The van der Waals surface area contributed by atoms with Gasteiger partial charge in [-0.3, -0.25) is 4.55 Å². The summed E-state index contributed by atoms with van der Waals surface area (Å²) in [5, 5.41) is 0. The van der Waals surface area contributed by atoms with Crippen molar-refractivity contribution in [1.29, 1.82) is 0 Å². The second kappa shape index (κ2) is 17.4. The number of nitrogens with zero attached hydrogens (tertiary/aromatic N) is 1. The molecule has 0 aliphatic heterocycles. The summed E-state index contributed by atoms with van der Waals surface area (Å²) in [4.78, 5) is 2.38. The Morgan fingerprint density at radius 1 is 0.875 bits per heavy atom. The van der Waals surface area contributed by atoms with E-state index in [1.165, 1.54) is 19.6 Å². The number of hydrogen-bond acceptors (Lipinski definition) is 6. The standard InChI is InChI=1S/C6H15N.C6H14O3.CHF3O3S/c1-4-7(5-2)6-3;1-7-3-5-9-6-4-8-2;2-1(3,4)8(5,6)7/h4-6H2,1-3H3;3-6H2,1-2H3;(H,5,6,7). The molecule has 0 bridgehead atoms. The molecule has 24 heavy (non-hydrogen) atoms. The Kier molecular flexibility index (Phi) is 20.5. The summed E-state index contributed by atoms with van der Waals surface area (Å²) in [7, 11) is -2.54. The molecule has 0 saturated heterocycles. The number of methoxy groups -OCH3 is 2. The van der Waals surface area contributed by atoms with Gasteiger partial charge in [-0.25, -0.2) is 0 Å². The summed E-state index contributed by atoms with van der Waals surface area (Å²) in [5.41, 5.74) is -5.53. The average Bonchev–Trinajstić information content (AvgIpc) is 2.48. The topological polar surface area (TPSA) is 85.3 Å². The van der Waals surface area contributed by atoms with Gasteiger partial charge in [-0.1, -0.05) is 20.8 Å². The second-order valence-electron chi connectivity index (χ2n) is 4.14. The first-order chi connectivity index (χ1) is 11.0. The maximum atomic E-state index is 10.7. The van der Waals surface area contributed by atoms with E-state index < -0.39 is 15.6 Å². The predicted octanol–water partition coefficient (Wildman–Crippen LogP) is 2.04. The minimum atomic E-state index is -5.84. The Hall–Kier alpha value is -0.460. The highest BCUT2D eigenvalue weighted by Gasteiger charge is 2.44. The highest BCUT2D eigenvalue weighted by molar-refractivity contribution is 7.86. The summed E-state index contributed by atoms with van der Waals surface area (Å²) in [6.45, 7) is 12.7. The maximum absolute atomic E-state index is 10.7. The molecule has 0 fully saturated rings. The fourth-order valence-corrected chi connectivity index (χ4v) is 1.06. The van der Waals surface area contributed by atoms with Gasteiger partial charge >= 0.3 is 15.6 Å². The Labute approximate surface area is 142 Å². The molecular weight excluding hydrogens is 355 g/mol. The number of halogens is 3. The molecule has 7 nitrogen and oxygen atoms in total. The number of ether oxygens (including phenoxy) is 3. The quantitative estimate of drug-likeness (QED) is 0.369. The van der Waals surface area contributed by atoms with Crippen molar-refractivity contribution in [2.45, 2.75) is 26.3 Å². The zero-order valence-corrected chi connectivity index (χ0v) is 15.7. The van der Waals surface area contributed by atoms with Crippen LogP contribution in [-0.2, 0) is 24.3 Å². The molecule has 11 heteroatoms. The van der Waals surface area contributed by atoms with Crippen LogP contribution in [0.1, 0.15) is 20.8 Å². The van der Waals surface area contributed by atoms with Crippen LogP contribution in [0.5, 0.6) is 0 Å². The van der Waals surface area contributed by atoms with Gasteiger partial charge in [0.05, 0.1) is 26.4 Å². The van der Waals surface area contributed by atoms with E-state index in [0.717, 1.165) is 0 Å². The van der Waals surface area contributed by atoms with E-state index in [4.69, 9.17) is 27.2 Å². The maximum Gasteiger partial charge on any atom is 0.522 e. The summed E-state index contributed by atoms with van der Waals surface area (Å²) >= 11 is 0. The lowest BCUT2D eigenvalue weighted by atomic mass is 10.5. The van der Waals surface area contributed by atoms with Gasteiger partial charge in [0.15, 0.2) is 0 Å². The van der Waals surface area contributed by atoms with Crippen molar-refractivity contribution in [2.75, 3.05) is 60.3 Å². The average molecular weight is 385 g/mol. The number of hydrogen-bond donors (Lipinski definition) is 1. The molecule has 0 radical (unpaired) electrons. The minimum absolute atomic E-state index is 0.653. The Bertz CT molecular complexity index is 337. The summed E-state index contributed by atoms with van der Waals surface area (Å²) in [6, 6.07) is 0. The lowest BCUT2D eigenvalue weighted by Crippen LogP contribution is -2.21. The Morgan fingerprint density at radius 2 is 1.17 bits per heavy atom. The van der Waals surface area contributed by atoms with Gasteiger partial charge in [-0.05, 0) is 19.6 Å². The smallest absolute Gasteiger partial charge is 0.382 e. The molecular formula is C13H30F3NO6S. The molecule has 0 aliphatic carbocycles. The minimum Gasteiger partial charge on any atom is -0.382 e. The van der Waals surface area contributed by atoms with Gasteiger partial charge in [-0.15, -0.1) is 0 Å². The van der Waals surface area contributed by atoms with Crippen molar-refractivity contribution in [3.05, 3.63) is 0 Å². The van der Waals surface area contributed by atoms with Crippen molar-refractivity contribution >= 4 is 10.1 Å². The van der Waals surface area contributed by atoms with E-state index in [0.29, 0.717) is 26.4 Å². The van der Waals surface area contributed by atoms with E-state index >= 15 is 0 Å². The van der Waals surface area contributed by atoms with Crippen LogP contribution >= 0.6 is 0 Å². The first-order valence-electron chi connectivity index (χ1n) is 7.33. The lowest BCUT2D eigenvalue weighted by Gasteiger charge is -2.13. The molecule has 0 saturated carbocycles. The van der Waals surface area contributed by atoms with Gasteiger partial charge in [0.25, 0.3) is 0 Å². The molecule has 0 spiro atoms. The van der Waals surface area contributed by atoms with Crippen LogP contribution in [0.3, 0.4) is 0 Å². The Balaban J connectivity index is -0.000000278. The van der Waals surface area contributed by atoms with Crippen molar-refractivity contribution < 1.29 is 40.4 Å². The lowest BCUT2D eigenvalue weighted by molar-refractivity contribution is -0.0510. The molecule has 0 heterocycles. The van der Waals surface area contributed by atoms with Crippen LogP contribution in [0, 0.1) is 0 Å². The van der Waals surface area contributed by atoms with Gasteiger partial charge in [0.1, 0.15) is 0 Å². The second-order valence-corrected chi connectivity index (χ2v) is 5.55. The van der Waals surface area contributed by atoms with Crippen LogP contribution in [0.2, 0.25) is 0 Å². The van der Waals surface area contributed by atoms with Crippen LogP contribution in [0.25, 0.3) is 0 Å². The van der Waals surface area contributed by atoms with Gasteiger partial charge in [0, 0.05) is 14.2 Å². The van der Waals surface area contributed by atoms with Crippen LogP contribution < -0.4 is 0 Å². The fourth-order valence-electron chi connectivity index (χ4n) is 1.06. The molecule has 0 aromatic heterocycles. The van der Waals surface area contributed by atoms with Crippen molar-refractivity contribution in [1.82, 2.24) is 4.90 Å². The highest BCUT2D eigenvalue weighted by atomic mass is 32.2. The molecule has 0 unspecified atom stereocenters. The van der Waals surface area contributed by atoms with Crippen molar-refractivity contribution in [3.63, 3.8) is 0 Å². The fraction of sp³-hybridized carbons (Fsp3) is 1.00. The van der Waals surface area contributed by atoms with E-state index in [1.54, 1.807) is 14.2 Å². The van der Waals surface area contributed by atoms with Crippen molar-refractivity contribution in [2.24, 2.45) is 0 Å². The first-order valence-corrected chi connectivity index (χ1v) is 8.77. The molecule has 0 amide bonds. The monoisotopic (exact) mass is 385 g/mol. The van der Waals surface area contributed by atoms with E-state index in [2.05, 4.69) is 25.7 Å². The van der Waals surface area contributed by atoms with Crippen LogP contribution in [0.4, 0.5) is 13.2 Å². The number of alkyl halides is 3. The van der Waals surface area contributed by atoms with E-state index in [1.807, 2.05) is 0 Å². The zero-order chi connectivity index (χ0) is 19.6. The van der Waals surface area contributed by atoms with Crippen molar-refractivity contribution in [3.8, 4) is 0 Å². The molecule has 0 aliphatic rings. The number of rotatable bonds is 9. The summed E-state index contributed by atoms with van der Waals surface area (Å²) in [6.07, 6.45) is 0. The normalized spacial score (nSPS) is 11.4. The summed E-state index contributed by atoms with van der Waals surface area (Å²) < 4.78 is 72.1. The van der Waals surface area contributed by atoms with Crippen LogP contribution in [-0.4, -0.2) is 83.7 Å². The molecule has 1 N–H and O–H groups in total.